The summed E-state index contributed by atoms with van der Waals surface area (Å²) >= 11 is 0. The second kappa shape index (κ2) is 8.00. The average molecular weight is 381 g/mol. The van der Waals surface area contributed by atoms with Crippen molar-refractivity contribution in [3.05, 3.63) is 57.0 Å². The molecule has 2 N–H and O–H groups in total. The number of aromatic nitrogens is 1. The third-order valence-corrected chi connectivity index (χ3v) is 5.57. The smallest absolute Gasteiger partial charge is 0.263 e. The van der Waals surface area contributed by atoms with Crippen molar-refractivity contribution in [1.82, 2.24) is 4.57 Å². The molecule has 3 rings (SSSR count). The van der Waals surface area contributed by atoms with E-state index in [1.54, 1.807) is 20.0 Å². The zero-order valence-corrected chi connectivity index (χ0v) is 16.9. The first-order chi connectivity index (χ1) is 13.3. The van der Waals surface area contributed by atoms with Gasteiger partial charge in [0.15, 0.2) is 0 Å². The van der Waals surface area contributed by atoms with Crippen molar-refractivity contribution in [2.45, 2.75) is 46.5 Å². The van der Waals surface area contributed by atoms with Gasteiger partial charge in [-0.3, -0.25) is 14.4 Å². The van der Waals surface area contributed by atoms with Crippen molar-refractivity contribution in [2.24, 2.45) is 13.0 Å². The number of carbonyl (C=O) groups is 2. The molecule has 1 saturated carbocycles. The lowest BCUT2D eigenvalue weighted by molar-refractivity contribution is -0.119. The normalized spacial score (nSPS) is 14.1. The summed E-state index contributed by atoms with van der Waals surface area (Å²) < 4.78 is 1.47. The first kappa shape index (κ1) is 19.9. The molecule has 1 aliphatic carbocycles. The Hall–Kier alpha value is -2.89. The van der Waals surface area contributed by atoms with Crippen LogP contribution in [0.5, 0.6) is 0 Å². The molecule has 2 amide bonds. The van der Waals surface area contributed by atoms with Gasteiger partial charge in [0.05, 0.1) is 0 Å². The molecule has 0 unspecified atom stereocenters. The van der Waals surface area contributed by atoms with E-state index in [0.717, 1.165) is 36.9 Å². The molecule has 1 heterocycles. The highest BCUT2D eigenvalue weighted by atomic mass is 16.2. The number of rotatable bonds is 4. The molecule has 0 aliphatic heterocycles. The Morgan fingerprint density at radius 3 is 2.36 bits per heavy atom. The van der Waals surface area contributed by atoms with E-state index in [0.29, 0.717) is 16.9 Å². The SMILES string of the molecule is Cc1ccc(NC(=O)C2CCCC2)cc1NC(=O)c1c(C)cc(C)n(C)c1=O. The number of hydrogen-bond acceptors (Lipinski definition) is 3. The van der Waals surface area contributed by atoms with Crippen molar-refractivity contribution >= 4 is 23.2 Å². The van der Waals surface area contributed by atoms with E-state index in [2.05, 4.69) is 10.6 Å². The predicted octanol–water partition coefficient (Wildman–Crippen LogP) is 3.69. The molecular formula is C22H27N3O3. The summed E-state index contributed by atoms with van der Waals surface area (Å²) in [5.74, 6) is -0.347. The first-order valence-corrected chi connectivity index (χ1v) is 9.68. The van der Waals surface area contributed by atoms with Gasteiger partial charge in [0.2, 0.25) is 5.91 Å². The van der Waals surface area contributed by atoms with Crippen LogP contribution in [0.1, 0.15) is 52.9 Å². The molecule has 0 bridgehead atoms. The molecule has 0 radical (unpaired) electrons. The highest BCUT2D eigenvalue weighted by Gasteiger charge is 2.23. The van der Waals surface area contributed by atoms with Crippen molar-refractivity contribution in [2.75, 3.05) is 10.6 Å². The number of nitrogens with zero attached hydrogens (tertiary/aromatic N) is 1. The van der Waals surface area contributed by atoms with Crippen LogP contribution in [-0.2, 0) is 11.8 Å². The zero-order valence-electron chi connectivity index (χ0n) is 16.9. The summed E-state index contributed by atoms with van der Waals surface area (Å²) in [6, 6.07) is 7.24. The maximum absolute atomic E-state index is 12.8. The van der Waals surface area contributed by atoms with Gasteiger partial charge < -0.3 is 15.2 Å². The number of carbonyl (C=O) groups excluding carboxylic acids is 2. The van der Waals surface area contributed by atoms with Crippen LogP contribution in [0.2, 0.25) is 0 Å². The number of pyridine rings is 1. The molecular weight excluding hydrogens is 354 g/mol. The second-order valence-corrected chi connectivity index (χ2v) is 7.66. The monoisotopic (exact) mass is 381 g/mol. The van der Waals surface area contributed by atoms with Gasteiger partial charge in [-0.15, -0.1) is 0 Å². The molecule has 6 heteroatoms. The van der Waals surface area contributed by atoms with Gasteiger partial charge >= 0.3 is 0 Å². The van der Waals surface area contributed by atoms with Crippen LogP contribution in [0, 0.1) is 26.7 Å². The van der Waals surface area contributed by atoms with E-state index in [9.17, 15) is 14.4 Å². The van der Waals surface area contributed by atoms with Crippen LogP contribution >= 0.6 is 0 Å². The van der Waals surface area contributed by atoms with Gasteiger partial charge in [0.25, 0.3) is 11.5 Å². The molecule has 28 heavy (non-hydrogen) atoms. The van der Waals surface area contributed by atoms with Gasteiger partial charge in [-0.05, 0) is 62.9 Å². The third kappa shape index (κ3) is 4.01. The van der Waals surface area contributed by atoms with E-state index in [-0.39, 0.29) is 22.9 Å². The largest absolute Gasteiger partial charge is 0.326 e. The lowest BCUT2D eigenvalue weighted by Crippen LogP contribution is -2.30. The summed E-state index contributed by atoms with van der Waals surface area (Å²) in [6.07, 6.45) is 4.05. The van der Waals surface area contributed by atoms with Gasteiger partial charge in [0.1, 0.15) is 5.56 Å². The summed E-state index contributed by atoms with van der Waals surface area (Å²) in [4.78, 5) is 37.7. The minimum atomic E-state index is -0.444. The van der Waals surface area contributed by atoms with Crippen LogP contribution in [0.25, 0.3) is 0 Å². The Balaban J connectivity index is 1.82. The molecule has 0 spiro atoms. The number of aryl methyl sites for hydroxylation is 3. The Morgan fingerprint density at radius 1 is 1.00 bits per heavy atom. The summed E-state index contributed by atoms with van der Waals surface area (Å²) in [7, 11) is 1.65. The Bertz CT molecular complexity index is 985. The molecule has 1 aromatic heterocycles. The molecule has 1 aliphatic rings. The Morgan fingerprint density at radius 2 is 1.68 bits per heavy atom. The second-order valence-electron chi connectivity index (χ2n) is 7.66. The van der Waals surface area contributed by atoms with Gasteiger partial charge in [-0.1, -0.05) is 18.9 Å². The summed E-state index contributed by atoms with van der Waals surface area (Å²) in [6.45, 7) is 5.46. The van der Waals surface area contributed by atoms with Gasteiger partial charge in [0, 0.05) is 30.0 Å². The fourth-order valence-corrected chi connectivity index (χ4v) is 3.71. The third-order valence-electron chi connectivity index (χ3n) is 5.57. The van der Waals surface area contributed by atoms with Crippen LogP contribution in [0.3, 0.4) is 0 Å². The minimum absolute atomic E-state index is 0.0295. The molecule has 2 aromatic rings. The summed E-state index contributed by atoms with van der Waals surface area (Å²) in [5, 5.41) is 5.78. The zero-order chi connectivity index (χ0) is 20.4. The fraction of sp³-hybridized carbons (Fsp3) is 0.409. The van der Waals surface area contributed by atoms with Crippen molar-refractivity contribution in [1.29, 1.82) is 0 Å². The molecule has 0 atom stereocenters. The quantitative estimate of drug-likeness (QED) is 0.848. The number of nitrogens with one attached hydrogen (secondary N) is 2. The van der Waals surface area contributed by atoms with E-state index >= 15 is 0 Å². The number of benzene rings is 1. The van der Waals surface area contributed by atoms with E-state index in [1.165, 1.54) is 4.57 Å². The lowest BCUT2D eigenvalue weighted by Gasteiger charge is -2.15. The Kier molecular flexibility index (Phi) is 5.68. The molecule has 6 nitrogen and oxygen atoms in total. The van der Waals surface area contributed by atoms with Crippen molar-refractivity contribution < 1.29 is 9.59 Å². The van der Waals surface area contributed by atoms with E-state index < -0.39 is 5.91 Å². The topological polar surface area (TPSA) is 80.2 Å². The number of hydrogen-bond donors (Lipinski definition) is 2. The van der Waals surface area contributed by atoms with E-state index in [4.69, 9.17) is 0 Å². The number of amides is 2. The number of anilines is 2. The maximum atomic E-state index is 12.8. The highest BCUT2D eigenvalue weighted by Crippen LogP contribution is 2.27. The fourth-order valence-electron chi connectivity index (χ4n) is 3.71. The molecule has 1 aromatic carbocycles. The van der Waals surface area contributed by atoms with Crippen molar-refractivity contribution in [3.63, 3.8) is 0 Å². The standard InChI is InChI=1S/C22H27N3O3/c1-13-9-10-17(23-20(26)16-7-5-6-8-16)12-18(13)24-21(27)19-14(2)11-15(3)25(4)22(19)28/h9-12,16H,5-8H2,1-4H3,(H,23,26)(H,24,27). The van der Waals surface area contributed by atoms with Gasteiger partial charge in [-0.2, -0.15) is 0 Å². The molecule has 1 fully saturated rings. The molecule has 0 saturated heterocycles. The van der Waals surface area contributed by atoms with Crippen LogP contribution < -0.4 is 16.2 Å². The van der Waals surface area contributed by atoms with Crippen LogP contribution in [-0.4, -0.2) is 16.4 Å². The first-order valence-electron chi connectivity index (χ1n) is 9.68. The minimum Gasteiger partial charge on any atom is -0.326 e. The maximum Gasteiger partial charge on any atom is 0.263 e. The molecule has 148 valence electrons. The lowest BCUT2D eigenvalue weighted by atomic mass is 10.1. The van der Waals surface area contributed by atoms with Crippen molar-refractivity contribution in [3.8, 4) is 0 Å². The Labute approximate surface area is 165 Å². The highest BCUT2D eigenvalue weighted by molar-refractivity contribution is 6.06. The summed E-state index contributed by atoms with van der Waals surface area (Å²) in [5.41, 5.74) is 3.33. The van der Waals surface area contributed by atoms with Crippen LogP contribution in [0.15, 0.2) is 29.1 Å². The van der Waals surface area contributed by atoms with Gasteiger partial charge in [-0.25, -0.2) is 0 Å². The predicted molar refractivity (Wildman–Crippen MR) is 111 cm³/mol. The van der Waals surface area contributed by atoms with E-state index in [1.807, 2.05) is 32.0 Å². The van der Waals surface area contributed by atoms with Crippen LogP contribution in [0.4, 0.5) is 11.4 Å². The average Bonchev–Trinajstić information content (AvgIpc) is 3.17.